The fourth-order valence-electron chi connectivity index (χ4n) is 1.81. The summed E-state index contributed by atoms with van der Waals surface area (Å²) in [4.78, 5) is 13.0. The summed E-state index contributed by atoms with van der Waals surface area (Å²) in [5, 5.41) is 2.83. The standard InChI is InChI=1S/C17H25NO2S/c1-6-8-13-9-10-15(21-7-2)14(11-13)12-18-16(19)20-17(3,4)5/h6,8-11H,7,12H2,1-5H3,(H,18,19)/b8-6+. The van der Waals surface area contributed by atoms with Gasteiger partial charge < -0.3 is 10.1 Å². The number of thioether (sulfide) groups is 1. The topological polar surface area (TPSA) is 38.3 Å². The van der Waals surface area contributed by atoms with E-state index in [1.54, 1.807) is 11.8 Å². The Morgan fingerprint density at radius 2 is 2.10 bits per heavy atom. The van der Waals surface area contributed by atoms with E-state index in [0.717, 1.165) is 16.9 Å². The fraction of sp³-hybridized carbons (Fsp3) is 0.471. The summed E-state index contributed by atoms with van der Waals surface area (Å²) in [5.41, 5.74) is 1.78. The Morgan fingerprint density at radius 3 is 2.67 bits per heavy atom. The maximum absolute atomic E-state index is 11.8. The Morgan fingerprint density at radius 1 is 1.38 bits per heavy atom. The molecule has 0 fully saturated rings. The fourth-order valence-corrected chi connectivity index (χ4v) is 2.60. The summed E-state index contributed by atoms with van der Waals surface area (Å²) in [5.74, 6) is 1.00. The lowest BCUT2D eigenvalue weighted by molar-refractivity contribution is 0.0523. The van der Waals surface area contributed by atoms with Crippen LogP contribution in [0.4, 0.5) is 4.79 Å². The highest BCUT2D eigenvalue weighted by molar-refractivity contribution is 7.99. The lowest BCUT2D eigenvalue weighted by atomic mass is 10.1. The zero-order chi connectivity index (χ0) is 15.9. The number of ether oxygens (including phenoxy) is 1. The largest absolute Gasteiger partial charge is 0.444 e. The Balaban J connectivity index is 2.79. The molecule has 0 unspecified atom stereocenters. The molecule has 0 heterocycles. The van der Waals surface area contributed by atoms with Gasteiger partial charge in [-0.15, -0.1) is 11.8 Å². The van der Waals surface area contributed by atoms with Crippen LogP contribution in [0.1, 0.15) is 45.7 Å². The molecule has 0 aliphatic carbocycles. The molecule has 116 valence electrons. The van der Waals surface area contributed by atoms with E-state index in [4.69, 9.17) is 4.74 Å². The maximum Gasteiger partial charge on any atom is 0.407 e. The molecule has 3 nitrogen and oxygen atoms in total. The minimum Gasteiger partial charge on any atom is -0.444 e. The number of amides is 1. The molecule has 1 aromatic rings. The molecule has 21 heavy (non-hydrogen) atoms. The summed E-state index contributed by atoms with van der Waals surface area (Å²) in [6, 6.07) is 6.31. The van der Waals surface area contributed by atoms with E-state index in [9.17, 15) is 4.79 Å². The minimum absolute atomic E-state index is 0.383. The quantitative estimate of drug-likeness (QED) is 0.790. The minimum atomic E-state index is -0.474. The first-order chi connectivity index (χ1) is 9.85. The third kappa shape index (κ3) is 6.71. The molecule has 0 aliphatic heterocycles. The highest BCUT2D eigenvalue weighted by atomic mass is 32.2. The Hall–Kier alpha value is -1.42. The number of rotatable bonds is 5. The van der Waals surface area contributed by atoms with E-state index in [1.807, 2.05) is 33.8 Å². The molecule has 0 aromatic heterocycles. The smallest absolute Gasteiger partial charge is 0.407 e. The Bertz CT molecular complexity index is 504. The SMILES string of the molecule is C/C=C/c1ccc(SCC)c(CNC(=O)OC(C)(C)C)c1. The van der Waals surface area contributed by atoms with Gasteiger partial charge in [-0.25, -0.2) is 4.79 Å². The predicted octanol–water partition coefficient (Wildman–Crippen LogP) is 4.86. The van der Waals surface area contributed by atoms with Crippen LogP contribution in [0.3, 0.4) is 0 Å². The van der Waals surface area contributed by atoms with Crippen LogP contribution in [0, 0.1) is 0 Å². The van der Waals surface area contributed by atoms with Crippen molar-refractivity contribution in [1.29, 1.82) is 0 Å². The average Bonchev–Trinajstić information content (AvgIpc) is 2.37. The van der Waals surface area contributed by atoms with Gasteiger partial charge in [0, 0.05) is 11.4 Å². The third-order valence-electron chi connectivity index (χ3n) is 2.57. The molecule has 0 spiro atoms. The number of hydrogen-bond donors (Lipinski definition) is 1. The number of nitrogens with one attached hydrogen (secondary N) is 1. The summed E-state index contributed by atoms with van der Waals surface area (Å²) < 4.78 is 5.27. The van der Waals surface area contributed by atoms with Crippen molar-refractivity contribution < 1.29 is 9.53 Å². The van der Waals surface area contributed by atoms with Gasteiger partial charge in [0.1, 0.15) is 5.60 Å². The summed E-state index contributed by atoms with van der Waals surface area (Å²) in [6.07, 6.45) is 3.68. The van der Waals surface area contributed by atoms with Crippen molar-refractivity contribution in [3.63, 3.8) is 0 Å². The molecule has 4 heteroatoms. The van der Waals surface area contributed by atoms with E-state index < -0.39 is 5.60 Å². The highest BCUT2D eigenvalue weighted by Crippen LogP contribution is 2.24. The van der Waals surface area contributed by atoms with Crippen molar-refractivity contribution in [1.82, 2.24) is 5.32 Å². The van der Waals surface area contributed by atoms with Crippen molar-refractivity contribution in [2.75, 3.05) is 5.75 Å². The first-order valence-electron chi connectivity index (χ1n) is 7.21. The third-order valence-corrected chi connectivity index (χ3v) is 3.56. The molecule has 1 amide bonds. The van der Waals surface area contributed by atoms with Crippen LogP contribution in [0.5, 0.6) is 0 Å². The Labute approximate surface area is 132 Å². The molecule has 0 bridgehead atoms. The van der Waals surface area contributed by atoms with Gasteiger partial charge in [-0.2, -0.15) is 0 Å². The summed E-state index contributed by atoms with van der Waals surface area (Å²) >= 11 is 1.78. The zero-order valence-electron chi connectivity index (χ0n) is 13.5. The second-order valence-electron chi connectivity index (χ2n) is 5.66. The van der Waals surface area contributed by atoms with Crippen LogP contribution >= 0.6 is 11.8 Å². The molecule has 0 saturated carbocycles. The zero-order valence-corrected chi connectivity index (χ0v) is 14.3. The average molecular weight is 307 g/mol. The van der Waals surface area contributed by atoms with Gasteiger partial charge in [-0.1, -0.05) is 25.1 Å². The van der Waals surface area contributed by atoms with Crippen molar-refractivity contribution in [2.24, 2.45) is 0 Å². The molecule has 0 saturated heterocycles. The molecule has 0 atom stereocenters. The maximum atomic E-state index is 11.8. The molecule has 1 rings (SSSR count). The second-order valence-corrected chi connectivity index (χ2v) is 6.96. The van der Waals surface area contributed by atoms with Crippen LogP contribution < -0.4 is 5.32 Å². The van der Waals surface area contributed by atoms with Crippen LogP contribution in [0.2, 0.25) is 0 Å². The first-order valence-corrected chi connectivity index (χ1v) is 8.19. The van der Waals surface area contributed by atoms with E-state index >= 15 is 0 Å². The van der Waals surface area contributed by atoms with Gasteiger partial charge >= 0.3 is 6.09 Å². The summed E-state index contributed by atoms with van der Waals surface area (Å²) in [7, 11) is 0. The molecule has 1 aromatic carbocycles. The predicted molar refractivity (Wildman–Crippen MR) is 90.6 cm³/mol. The van der Waals surface area contributed by atoms with E-state index in [1.165, 1.54) is 4.90 Å². The number of hydrogen-bond acceptors (Lipinski definition) is 3. The second kappa shape index (κ2) is 8.13. The van der Waals surface area contributed by atoms with Gasteiger partial charge in [-0.3, -0.25) is 0 Å². The van der Waals surface area contributed by atoms with E-state index in [-0.39, 0.29) is 6.09 Å². The molecule has 0 aliphatic rings. The molecular formula is C17H25NO2S. The van der Waals surface area contributed by atoms with Crippen molar-refractivity contribution in [2.45, 2.75) is 51.7 Å². The van der Waals surface area contributed by atoms with Crippen molar-refractivity contribution in [3.8, 4) is 0 Å². The number of benzene rings is 1. The van der Waals surface area contributed by atoms with Gasteiger partial charge in [0.2, 0.25) is 0 Å². The normalized spacial score (nSPS) is 11.7. The van der Waals surface area contributed by atoms with Crippen LogP contribution in [-0.4, -0.2) is 17.4 Å². The number of allylic oxidation sites excluding steroid dienone is 1. The highest BCUT2D eigenvalue weighted by Gasteiger charge is 2.16. The van der Waals surface area contributed by atoms with Crippen LogP contribution in [-0.2, 0) is 11.3 Å². The number of alkyl carbamates (subject to hydrolysis) is 1. The van der Waals surface area contributed by atoms with Gasteiger partial charge in [0.15, 0.2) is 0 Å². The number of carbonyl (C=O) groups is 1. The van der Waals surface area contributed by atoms with Crippen LogP contribution in [0.15, 0.2) is 29.2 Å². The van der Waals surface area contributed by atoms with Crippen molar-refractivity contribution >= 4 is 23.9 Å². The first kappa shape index (κ1) is 17.6. The van der Waals surface area contributed by atoms with Gasteiger partial charge in [-0.05, 0) is 56.7 Å². The molecule has 1 N–H and O–H groups in total. The van der Waals surface area contributed by atoms with Gasteiger partial charge in [0.25, 0.3) is 0 Å². The van der Waals surface area contributed by atoms with Crippen molar-refractivity contribution in [3.05, 3.63) is 35.4 Å². The van der Waals surface area contributed by atoms with E-state index in [0.29, 0.717) is 6.54 Å². The van der Waals surface area contributed by atoms with E-state index in [2.05, 4.69) is 36.5 Å². The lowest BCUT2D eigenvalue weighted by Crippen LogP contribution is -2.32. The monoisotopic (exact) mass is 307 g/mol. The molecule has 0 radical (unpaired) electrons. The lowest BCUT2D eigenvalue weighted by Gasteiger charge is -2.20. The molecular weight excluding hydrogens is 282 g/mol. The summed E-state index contributed by atoms with van der Waals surface area (Å²) in [6.45, 7) is 10.2. The number of carbonyl (C=O) groups excluding carboxylic acids is 1. The van der Waals surface area contributed by atoms with Gasteiger partial charge in [0.05, 0.1) is 0 Å². The van der Waals surface area contributed by atoms with Crippen LogP contribution in [0.25, 0.3) is 6.08 Å². The Kier molecular flexibility index (Phi) is 6.82.